The highest BCUT2D eigenvalue weighted by atomic mass is 35.5. The molecule has 0 bridgehead atoms. The highest BCUT2D eigenvalue weighted by Gasteiger charge is 1.88. The highest BCUT2D eigenvalue weighted by molar-refractivity contribution is 6.30. The second kappa shape index (κ2) is 5.45. The molecule has 0 aliphatic carbocycles. The molecule has 74 valence electrons. The van der Waals surface area contributed by atoms with Gasteiger partial charge in [-0.15, -0.1) is 0 Å². The fraction of sp³-hybridized carbons (Fsp3) is 0.182. The summed E-state index contributed by atoms with van der Waals surface area (Å²) in [7, 11) is 0. The van der Waals surface area contributed by atoms with Gasteiger partial charge in [-0.1, -0.05) is 35.9 Å². The Balaban J connectivity index is 2.44. The SMILES string of the molecule is CC(=O)NC/C=C/c1ccc(Cl)cc1. The minimum Gasteiger partial charge on any atom is -0.353 e. The summed E-state index contributed by atoms with van der Waals surface area (Å²) in [5.74, 6) is -0.0224. The molecule has 1 aromatic carbocycles. The molecule has 0 saturated heterocycles. The van der Waals surface area contributed by atoms with Gasteiger partial charge in [0.1, 0.15) is 0 Å². The number of hydrogen-bond acceptors (Lipinski definition) is 1. The van der Waals surface area contributed by atoms with E-state index in [2.05, 4.69) is 5.32 Å². The Labute approximate surface area is 88.6 Å². The van der Waals surface area contributed by atoms with Crippen molar-refractivity contribution in [3.63, 3.8) is 0 Å². The smallest absolute Gasteiger partial charge is 0.217 e. The molecule has 14 heavy (non-hydrogen) atoms. The molecule has 1 aromatic rings. The maximum absolute atomic E-state index is 10.5. The number of carbonyl (C=O) groups excluding carboxylic acids is 1. The van der Waals surface area contributed by atoms with Crippen molar-refractivity contribution in [3.8, 4) is 0 Å². The Morgan fingerprint density at radius 3 is 2.64 bits per heavy atom. The van der Waals surface area contributed by atoms with E-state index in [0.29, 0.717) is 6.54 Å². The fourth-order valence-electron chi connectivity index (χ4n) is 0.972. The standard InChI is InChI=1S/C11H12ClNO/c1-9(14)13-8-2-3-10-4-6-11(12)7-5-10/h2-7H,8H2,1H3,(H,13,14)/b3-2+. The maximum Gasteiger partial charge on any atom is 0.217 e. The van der Waals surface area contributed by atoms with E-state index in [4.69, 9.17) is 11.6 Å². The summed E-state index contributed by atoms with van der Waals surface area (Å²) in [4.78, 5) is 10.5. The molecule has 3 heteroatoms. The van der Waals surface area contributed by atoms with E-state index in [0.717, 1.165) is 10.6 Å². The van der Waals surface area contributed by atoms with Crippen LogP contribution in [0.5, 0.6) is 0 Å². The Hall–Kier alpha value is -1.28. The van der Waals surface area contributed by atoms with Crippen molar-refractivity contribution in [2.75, 3.05) is 6.54 Å². The minimum absolute atomic E-state index is 0.0224. The third-order valence-corrected chi connectivity index (χ3v) is 1.90. The van der Waals surface area contributed by atoms with Crippen LogP contribution in [0.1, 0.15) is 12.5 Å². The maximum atomic E-state index is 10.5. The molecule has 1 amide bonds. The second-order valence-corrected chi connectivity index (χ2v) is 3.33. The molecule has 0 radical (unpaired) electrons. The van der Waals surface area contributed by atoms with Crippen molar-refractivity contribution >= 4 is 23.6 Å². The summed E-state index contributed by atoms with van der Waals surface area (Å²) < 4.78 is 0. The lowest BCUT2D eigenvalue weighted by atomic mass is 10.2. The summed E-state index contributed by atoms with van der Waals surface area (Å²) >= 11 is 5.73. The van der Waals surface area contributed by atoms with Crippen molar-refractivity contribution in [3.05, 3.63) is 40.9 Å². The molecule has 2 nitrogen and oxygen atoms in total. The molecule has 0 spiro atoms. The predicted molar refractivity (Wildman–Crippen MR) is 59.2 cm³/mol. The zero-order valence-electron chi connectivity index (χ0n) is 7.96. The van der Waals surface area contributed by atoms with Gasteiger partial charge in [0.05, 0.1) is 0 Å². The van der Waals surface area contributed by atoms with Crippen LogP contribution in [0, 0.1) is 0 Å². The summed E-state index contributed by atoms with van der Waals surface area (Å²) in [6.07, 6.45) is 3.83. The molecule has 0 aromatic heterocycles. The van der Waals surface area contributed by atoms with Crippen LogP contribution in [0.25, 0.3) is 6.08 Å². The fourth-order valence-corrected chi connectivity index (χ4v) is 1.10. The lowest BCUT2D eigenvalue weighted by molar-refractivity contribution is -0.118. The van der Waals surface area contributed by atoms with Crippen LogP contribution in [0.2, 0.25) is 5.02 Å². The zero-order valence-corrected chi connectivity index (χ0v) is 8.71. The third-order valence-electron chi connectivity index (χ3n) is 1.65. The topological polar surface area (TPSA) is 29.1 Å². The Bertz CT molecular complexity index is 330. The van der Waals surface area contributed by atoms with E-state index in [1.165, 1.54) is 6.92 Å². The molecule has 0 aliphatic heterocycles. The van der Waals surface area contributed by atoms with Gasteiger partial charge in [-0.2, -0.15) is 0 Å². The average molecular weight is 210 g/mol. The van der Waals surface area contributed by atoms with Gasteiger partial charge in [-0.25, -0.2) is 0 Å². The Morgan fingerprint density at radius 1 is 1.43 bits per heavy atom. The van der Waals surface area contributed by atoms with E-state index >= 15 is 0 Å². The molecule has 0 unspecified atom stereocenters. The van der Waals surface area contributed by atoms with Gasteiger partial charge < -0.3 is 5.32 Å². The summed E-state index contributed by atoms with van der Waals surface area (Å²) in [6.45, 7) is 2.05. The van der Waals surface area contributed by atoms with Crippen molar-refractivity contribution in [1.82, 2.24) is 5.32 Å². The molecule has 0 saturated carbocycles. The minimum atomic E-state index is -0.0224. The van der Waals surface area contributed by atoms with Crippen molar-refractivity contribution in [2.45, 2.75) is 6.92 Å². The first-order valence-corrected chi connectivity index (χ1v) is 4.73. The number of nitrogens with one attached hydrogen (secondary N) is 1. The first kappa shape index (κ1) is 10.8. The second-order valence-electron chi connectivity index (χ2n) is 2.89. The lowest BCUT2D eigenvalue weighted by Gasteiger charge is -1.95. The van der Waals surface area contributed by atoms with E-state index in [9.17, 15) is 4.79 Å². The van der Waals surface area contributed by atoms with Crippen LogP contribution in [-0.2, 0) is 4.79 Å². The van der Waals surface area contributed by atoms with E-state index in [-0.39, 0.29) is 5.91 Å². The first-order valence-electron chi connectivity index (χ1n) is 4.35. The van der Waals surface area contributed by atoms with E-state index in [1.807, 2.05) is 36.4 Å². The number of carbonyl (C=O) groups is 1. The van der Waals surface area contributed by atoms with Crippen LogP contribution >= 0.6 is 11.6 Å². The van der Waals surface area contributed by atoms with Gasteiger partial charge >= 0.3 is 0 Å². The number of rotatable bonds is 3. The Kier molecular flexibility index (Phi) is 4.20. The largest absolute Gasteiger partial charge is 0.353 e. The molecule has 1 N–H and O–H groups in total. The van der Waals surface area contributed by atoms with Gasteiger partial charge in [0.2, 0.25) is 5.91 Å². The number of amides is 1. The quantitative estimate of drug-likeness (QED) is 0.814. The van der Waals surface area contributed by atoms with E-state index in [1.54, 1.807) is 0 Å². The zero-order chi connectivity index (χ0) is 10.4. The summed E-state index contributed by atoms with van der Waals surface area (Å²) in [5, 5.41) is 3.40. The van der Waals surface area contributed by atoms with Crippen molar-refractivity contribution in [1.29, 1.82) is 0 Å². The molecule has 0 fully saturated rings. The third kappa shape index (κ3) is 4.10. The number of hydrogen-bond donors (Lipinski definition) is 1. The first-order chi connectivity index (χ1) is 6.68. The van der Waals surface area contributed by atoms with Gasteiger partial charge in [0.15, 0.2) is 0 Å². The summed E-state index contributed by atoms with van der Waals surface area (Å²) in [5.41, 5.74) is 1.07. The number of benzene rings is 1. The molecular weight excluding hydrogens is 198 g/mol. The van der Waals surface area contributed by atoms with Crippen LogP contribution in [-0.4, -0.2) is 12.5 Å². The van der Waals surface area contributed by atoms with Gasteiger partial charge in [0.25, 0.3) is 0 Å². The lowest BCUT2D eigenvalue weighted by Crippen LogP contribution is -2.19. The van der Waals surface area contributed by atoms with Crippen molar-refractivity contribution < 1.29 is 4.79 Å². The van der Waals surface area contributed by atoms with Gasteiger partial charge in [-0.3, -0.25) is 4.79 Å². The molecular formula is C11H12ClNO. The van der Waals surface area contributed by atoms with Crippen molar-refractivity contribution in [2.24, 2.45) is 0 Å². The Morgan fingerprint density at radius 2 is 2.07 bits per heavy atom. The van der Waals surface area contributed by atoms with E-state index < -0.39 is 0 Å². The molecule has 1 rings (SSSR count). The van der Waals surface area contributed by atoms with Gasteiger partial charge in [0, 0.05) is 18.5 Å². The highest BCUT2D eigenvalue weighted by Crippen LogP contribution is 2.10. The molecule has 0 atom stereocenters. The van der Waals surface area contributed by atoms with Gasteiger partial charge in [-0.05, 0) is 17.7 Å². The van der Waals surface area contributed by atoms with Crippen LogP contribution < -0.4 is 5.32 Å². The average Bonchev–Trinajstić information content (AvgIpc) is 2.15. The number of halogens is 1. The van der Waals surface area contributed by atoms with Crippen LogP contribution in [0.15, 0.2) is 30.3 Å². The van der Waals surface area contributed by atoms with Crippen LogP contribution in [0.4, 0.5) is 0 Å². The van der Waals surface area contributed by atoms with Crippen LogP contribution in [0.3, 0.4) is 0 Å². The molecule has 0 aliphatic rings. The normalized spacial score (nSPS) is 10.4. The monoisotopic (exact) mass is 209 g/mol. The summed E-state index contributed by atoms with van der Waals surface area (Å²) in [6, 6.07) is 7.51. The predicted octanol–water partition coefficient (Wildman–Crippen LogP) is 2.49. The molecule has 0 heterocycles.